The Morgan fingerprint density at radius 3 is 2.82 bits per heavy atom. The van der Waals surface area contributed by atoms with Crippen LogP contribution in [0.1, 0.15) is 52.4 Å². The van der Waals surface area contributed by atoms with Gasteiger partial charge in [-0.05, 0) is 38.0 Å². The average Bonchev–Trinajstić information content (AvgIpc) is 2.27. The molecular formula is C14H25NO2. The van der Waals surface area contributed by atoms with E-state index in [1.165, 1.54) is 18.4 Å². The van der Waals surface area contributed by atoms with E-state index >= 15 is 0 Å². The lowest BCUT2D eigenvalue weighted by Gasteiger charge is -2.15. The fraction of sp³-hybridized carbons (Fsp3) is 0.786. The summed E-state index contributed by atoms with van der Waals surface area (Å²) in [6, 6.07) is 0. The molecule has 0 radical (unpaired) electrons. The number of hydrogen-bond donors (Lipinski definition) is 2. The van der Waals surface area contributed by atoms with Gasteiger partial charge in [-0.25, -0.2) is 0 Å². The highest BCUT2D eigenvalue weighted by molar-refractivity contribution is 5.78. The number of hydrogen-bond acceptors (Lipinski definition) is 2. The third-order valence-corrected chi connectivity index (χ3v) is 3.05. The van der Waals surface area contributed by atoms with Gasteiger partial charge in [-0.1, -0.05) is 25.5 Å². The second kappa shape index (κ2) is 7.49. The molecule has 0 heterocycles. The van der Waals surface area contributed by atoms with Crippen molar-refractivity contribution in [1.82, 2.24) is 5.32 Å². The quantitative estimate of drug-likeness (QED) is 0.699. The number of carbonyl (C=O) groups excluding carboxylic acids is 1. The number of amides is 1. The molecule has 17 heavy (non-hydrogen) atoms. The standard InChI is InChI=1S/C14H25NO2/c1-11(2)8-13(16)10-15-14(17)9-12-6-4-3-5-7-12/h6,11,13,16H,3-5,7-10H2,1-2H3,(H,15,17). The molecule has 1 aliphatic rings. The van der Waals surface area contributed by atoms with Gasteiger partial charge in [-0.2, -0.15) is 0 Å². The van der Waals surface area contributed by atoms with Crippen LogP contribution in [0.2, 0.25) is 0 Å². The van der Waals surface area contributed by atoms with Crippen LogP contribution >= 0.6 is 0 Å². The highest BCUT2D eigenvalue weighted by Crippen LogP contribution is 2.19. The van der Waals surface area contributed by atoms with Crippen molar-refractivity contribution < 1.29 is 9.90 Å². The van der Waals surface area contributed by atoms with Crippen LogP contribution in [-0.2, 0) is 4.79 Å². The Labute approximate surface area is 104 Å². The van der Waals surface area contributed by atoms with Crippen molar-refractivity contribution in [2.24, 2.45) is 5.92 Å². The molecule has 98 valence electrons. The summed E-state index contributed by atoms with van der Waals surface area (Å²) in [5.41, 5.74) is 1.26. The maximum Gasteiger partial charge on any atom is 0.224 e. The Morgan fingerprint density at radius 2 is 2.24 bits per heavy atom. The van der Waals surface area contributed by atoms with Gasteiger partial charge in [0, 0.05) is 13.0 Å². The minimum absolute atomic E-state index is 0.0426. The Balaban J connectivity index is 2.18. The lowest BCUT2D eigenvalue weighted by molar-refractivity contribution is -0.121. The SMILES string of the molecule is CC(C)CC(O)CNC(=O)CC1=CCCCC1. The van der Waals surface area contributed by atoms with E-state index in [-0.39, 0.29) is 5.91 Å². The summed E-state index contributed by atoms with van der Waals surface area (Å²) in [7, 11) is 0. The van der Waals surface area contributed by atoms with Crippen LogP contribution in [0, 0.1) is 5.92 Å². The molecule has 0 fully saturated rings. The predicted octanol–water partition coefficient (Wildman–Crippen LogP) is 2.40. The molecule has 0 aromatic carbocycles. The maximum absolute atomic E-state index is 11.6. The van der Waals surface area contributed by atoms with Crippen LogP contribution in [0.3, 0.4) is 0 Å². The van der Waals surface area contributed by atoms with Gasteiger partial charge in [0.15, 0.2) is 0 Å². The Hall–Kier alpha value is -0.830. The lowest BCUT2D eigenvalue weighted by Crippen LogP contribution is -2.32. The van der Waals surface area contributed by atoms with Gasteiger partial charge < -0.3 is 10.4 Å². The van der Waals surface area contributed by atoms with Gasteiger partial charge >= 0.3 is 0 Å². The van der Waals surface area contributed by atoms with Crippen LogP contribution < -0.4 is 5.32 Å². The van der Waals surface area contributed by atoms with Gasteiger partial charge in [0.25, 0.3) is 0 Å². The van der Waals surface area contributed by atoms with Crippen LogP contribution in [0.25, 0.3) is 0 Å². The van der Waals surface area contributed by atoms with E-state index in [2.05, 4.69) is 25.2 Å². The van der Waals surface area contributed by atoms with Gasteiger partial charge in [0.05, 0.1) is 6.10 Å². The largest absolute Gasteiger partial charge is 0.391 e. The fourth-order valence-corrected chi connectivity index (χ4v) is 2.19. The van der Waals surface area contributed by atoms with Crippen LogP contribution in [0.4, 0.5) is 0 Å². The Morgan fingerprint density at radius 1 is 1.47 bits per heavy atom. The zero-order valence-electron chi connectivity index (χ0n) is 11.0. The van der Waals surface area contributed by atoms with Gasteiger partial charge in [0.1, 0.15) is 0 Å². The summed E-state index contributed by atoms with van der Waals surface area (Å²) in [4.78, 5) is 11.6. The average molecular weight is 239 g/mol. The highest BCUT2D eigenvalue weighted by atomic mass is 16.3. The maximum atomic E-state index is 11.6. The summed E-state index contributed by atoms with van der Waals surface area (Å²) >= 11 is 0. The first-order valence-electron chi connectivity index (χ1n) is 6.70. The number of carbonyl (C=O) groups is 1. The van der Waals surface area contributed by atoms with Crippen molar-refractivity contribution in [2.45, 2.75) is 58.5 Å². The summed E-state index contributed by atoms with van der Waals surface area (Å²) in [6.45, 7) is 4.51. The Bertz CT molecular complexity index is 271. The molecule has 0 aromatic heterocycles. The molecule has 1 aliphatic carbocycles. The topological polar surface area (TPSA) is 49.3 Å². The predicted molar refractivity (Wildman–Crippen MR) is 69.6 cm³/mol. The number of nitrogens with one attached hydrogen (secondary N) is 1. The van der Waals surface area contributed by atoms with E-state index in [9.17, 15) is 9.90 Å². The summed E-state index contributed by atoms with van der Waals surface area (Å²) < 4.78 is 0. The van der Waals surface area contributed by atoms with Gasteiger partial charge in [0.2, 0.25) is 5.91 Å². The first-order valence-corrected chi connectivity index (χ1v) is 6.70. The van der Waals surface area contributed by atoms with E-state index < -0.39 is 6.10 Å². The normalized spacial score (nSPS) is 17.8. The molecule has 0 aromatic rings. The molecular weight excluding hydrogens is 214 g/mol. The molecule has 0 saturated carbocycles. The monoisotopic (exact) mass is 239 g/mol. The number of aliphatic hydroxyl groups is 1. The number of aliphatic hydroxyl groups excluding tert-OH is 1. The van der Waals surface area contributed by atoms with E-state index in [0.29, 0.717) is 18.9 Å². The lowest BCUT2D eigenvalue weighted by atomic mass is 9.97. The number of rotatable bonds is 6. The van der Waals surface area contributed by atoms with Crippen LogP contribution in [0.5, 0.6) is 0 Å². The third kappa shape index (κ3) is 6.47. The van der Waals surface area contributed by atoms with Crippen molar-refractivity contribution in [2.75, 3.05) is 6.54 Å². The van der Waals surface area contributed by atoms with Crippen molar-refractivity contribution in [3.05, 3.63) is 11.6 Å². The molecule has 2 N–H and O–H groups in total. The first kappa shape index (κ1) is 14.2. The zero-order valence-corrected chi connectivity index (χ0v) is 11.0. The smallest absolute Gasteiger partial charge is 0.224 e. The highest BCUT2D eigenvalue weighted by Gasteiger charge is 2.11. The fourth-order valence-electron chi connectivity index (χ4n) is 2.19. The molecule has 0 aliphatic heterocycles. The molecule has 3 nitrogen and oxygen atoms in total. The molecule has 1 rings (SSSR count). The van der Waals surface area contributed by atoms with Crippen molar-refractivity contribution in [1.29, 1.82) is 0 Å². The summed E-state index contributed by atoms with van der Waals surface area (Å²) in [6.07, 6.45) is 7.64. The van der Waals surface area contributed by atoms with Crippen molar-refractivity contribution in [3.8, 4) is 0 Å². The van der Waals surface area contributed by atoms with Crippen molar-refractivity contribution in [3.63, 3.8) is 0 Å². The molecule has 1 amide bonds. The molecule has 0 bridgehead atoms. The second-order valence-electron chi connectivity index (χ2n) is 5.37. The van der Waals surface area contributed by atoms with E-state index in [1.807, 2.05) is 0 Å². The Kier molecular flexibility index (Phi) is 6.27. The van der Waals surface area contributed by atoms with Crippen LogP contribution in [0.15, 0.2) is 11.6 Å². The number of allylic oxidation sites excluding steroid dienone is 1. The van der Waals surface area contributed by atoms with Gasteiger partial charge in [-0.3, -0.25) is 4.79 Å². The van der Waals surface area contributed by atoms with E-state index in [0.717, 1.165) is 19.3 Å². The van der Waals surface area contributed by atoms with Gasteiger partial charge in [-0.15, -0.1) is 0 Å². The molecule has 1 unspecified atom stereocenters. The van der Waals surface area contributed by atoms with E-state index in [4.69, 9.17) is 0 Å². The molecule has 1 atom stereocenters. The minimum Gasteiger partial charge on any atom is -0.391 e. The van der Waals surface area contributed by atoms with E-state index in [1.54, 1.807) is 0 Å². The van der Waals surface area contributed by atoms with Crippen LogP contribution in [-0.4, -0.2) is 23.7 Å². The molecule has 0 spiro atoms. The molecule has 0 saturated heterocycles. The summed E-state index contributed by atoms with van der Waals surface area (Å²) in [5, 5.41) is 12.5. The van der Waals surface area contributed by atoms with Crippen molar-refractivity contribution >= 4 is 5.91 Å². The zero-order chi connectivity index (χ0) is 12.7. The first-order chi connectivity index (χ1) is 8.08. The summed E-state index contributed by atoms with van der Waals surface area (Å²) in [5.74, 6) is 0.504. The third-order valence-electron chi connectivity index (χ3n) is 3.05. The molecule has 3 heteroatoms. The second-order valence-corrected chi connectivity index (χ2v) is 5.37. The minimum atomic E-state index is -0.417.